The average molecular weight is 136 g/mol. The van der Waals surface area contributed by atoms with Gasteiger partial charge in [0.15, 0.2) is 11.6 Å². The summed E-state index contributed by atoms with van der Waals surface area (Å²) >= 11 is 0. The van der Waals surface area contributed by atoms with Gasteiger partial charge in [0, 0.05) is 6.21 Å². The number of aromatic amines is 1. The molecule has 1 N–H and O–H groups in total. The quantitative estimate of drug-likeness (QED) is 0.615. The summed E-state index contributed by atoms with van der Waals surface area (Å²) in [4.78, 5) is 14.3. The lowest BCUT2D eigenvalue weighted by molar-refractivity contribution is 1.29. The average Bonchev–Trinajstić information content (AvgIpc) is 2.36. The van der Waals surface area contributed by atoms with Gasteiger partial charge in [-0.1, -0.05) is 0 Å². The molecule has 0 fully saturated rings. The summed E-state index contributed by atoms with van der Waals surface area (Å²) in [6.07, 6.45) is 3.20. The lowest BCUT2D eigenvalue weighted by atomic mass is 10.6. The lowest BCUT2D eigenvalue weighted by Crippen LogP contribution is -1.63. The van der Waals surface area contributed by atoms with Crippen LogP contribution in [0.4, 0.5) is 11.6 Å². The molecule has 1 heterocycles. The van der Waals surface area contributed by atoms with Gasteiger partial charge in [0.05, 0.1) is 6.33 Å². The first-order valence-corrected chi connectivity index (χ1v) is 2.87. The Hall–Kier alpha value is -1.45. The van der Waals surface area contributed by atoms with Gasteiger partial charge < -0.3 is 4.98 Å². The van der Waals surface area contributed by atoms with Crippen LogP contribution in [-0.2, 0) is 0 Å². The van der Waals surface area contributed by atoms with Crippen molar-refractivity contribution in [2.75, 3.05) is 0 Å². The highest BCUT2D eigenvalue weighted by Crippen LogP contribution is 2.20. The van der Waals surface area contributed by atoms with Gasteiger partial charge in [-0.25, -0.2) is 15.0 Å². The van der Waals surface area contributed by atoms with E-state index in [4.69, 9.17) is 0 Å². The highest BCUT2D eigenvalue weighted by molar-refractivity contribution is 5.64. The molecule has 0 aliphatic carbocycles. The van der Waals surface area contributed by atoms with E-state index in [0.717, 1.165) is 0 Å². The van der Waals surface area contributed by atoms with E-state index in [2.05, 4.69) is 26.7 Å². The van der Waals surface area contributed by atoms with Crippen LogP contribution in [-0.4, -0.2) is 22.9 Å². The Morgan fingerprint density at radius 3 is 3.20 bits per heavy atom. The van der Waals surface area contributed by atoms with Crippen molar-refractivity contribution in [2.24, 2.45) is 9.98 Å². The lowest BCUT2D eigenvalue weighted by Gasteiger charge is -1.84. The van der Waals surface area contributed by atoms with Crippen molar-refractivity contribution >= 4 is 24.6 Å². The van der Waals surface area contributed by atoms with Crippen LogP contribution in [0.15, 0.2) is 16.3 Å². The zero-order valence-electron chi connectivity index (χ0n) is 5.70. The molecule has 52 valence electrons. The molecule has 0 saturated heterocycles. The fourth-order valence-corrected chi connectivity index (χ4v) is 0.620. The van der Waals surface area contributed by atoms with E-state index in [1.165, 1.54) is 6.33 Å². The highest BCUT2D eigenvalue weighted by atomic mass is 15.1. The molecular weight excluding hydrogens is 128 g/mol. The van der Waals surface area contributed by atoms with Crippen molar-refractivity contribution in [1.82, 2.24) is 9.97 Å². The van der Waals surface area contributed by atoms with Crippen molar-refractivity contribution < 1.29 is 0 Å². The molecule has 0 saturated carbocycles. The third kappa shape index (κ3) is 1.10. The molecular formula is C6H8N4. The maximum absolute atomic E-state index is 3.96. The summed E-state index contributed by atoms with van der Waals surface area (Å²) in [5.41, 5.74) is 0. The van der Waals surface area contributed by atoms with Gasteiger partial charge in [-0.2, -0.15) is 0 Å². The Morgan fingerprint density at radius 2 is 2.60 bits per heavy atom. The summed E-state index contributed by atoms with van der Waals surface area (Å²) in [6, 6.07) is 0. The van der Waals surface area contributed by atoms with Crippen LogP contribution < -0.4 is 0 Å². The number of aromatic nitrogens is 2. The Kier molecular flexibility index (Phi) is 1.94. The number of rotatable bonds is 2. The van der Waals surface area contributed by atoms with Gasteiger partial charge in [0.1, 0.15) is 0 Å². The maximum Gasteiger partial charge on any atom is 0.196 e. The molecule has 0 radical (unpaired) electrons. The first kappa shape index (κ1) is 6.67. The SMILES string of the molecule is C=Nc1nc[nH]c1N=CC. The molecule has 1 rings (SSSR count). The van der Waals surface area contributed by atoms with E-state index in [-0.39, 0.29) is 0 Å². The van der Waals surface area contributed by atoms with E-state index in [0.29, 0.717) is 11.6 Å². The minimum atomic E-state index is 0.540. The fraction of sp³-hybridized carbons (Fsp3) is 0.167. The van der Waals surface area contributed by atoms with Crippen LogP contribution in [0, 0.1) is 0 Å². The second-order valence-electron chi connectivity index (χ2n) is 1.62. The van der Waals surface area contributed by atoms with E-state index in [1.54, 1.807) is 6.21 Å². The molecule has 0 amide bonds. The molecule has 0 unspecified atom stereocenters. The summed E-state index contributed by atoms with van der Waals surface area (Å²) in [5.74, 6) is 1.19. The van der Waals surface area contributed by atoms with Crippen molar-refractivity contribution in [2.45, 2.75) is 6.92 Å². The van der Waals surface area contributed by atoms with Crippen molar-refractivity contribution in [3.63, 3.8) is 0 Å². The summed E-state index contributed by atoms with van der Waals surface area (Å²) < 4.78 is 0. The molecule has 0 aromatic carbocycles. The zero-order valence-corrected chi connectivity index (χ0v) is 5.70. The number of nitrogens with zero attached hydrogens (tertiary/aromatic N) is 3. The van der Waals surface area contributed by atoms with E-state index < -0.39 is 0 Å². The Morgan fingerprint density at radius 1 is 1.80 bits per heavy atom. The molecule has 0 spiro atoms. The predicted octanol–water partition coefficient (Wildman–Crippen LogP) is 1.46. The third-order valence-corrected chi connectivity index (χ3v) is 1.01. The summed E-state index contributed by atoms with van der Waals surface area (Å²) in [6.45, 7) is 5.17. The van der Waals surface area contributed by atoms with Gasteiger partial charge in [0.2, 0.25) is 0 Å². The second kappa shape index (κ2) is 2.91. The van der Waals surface area contributed by atoms with Crippen LogP contribution in [0.1, 0.15) is 6.92 Å². The van der Waals surface area contributed by atoms with Gasteiger partial charge >= 0.3 is 0 Å². The number of H-pyrrole nitrogens is 1. The van der Waals surface area contributed by atoms with Gasteiger partial charge in [-0.3, -0.25) is 0 Å². The molecule has 0 atom stereocenters. The topological polar surface area (TPSA) is 53.4 Å². The normalized spacial score (nSPS) is 10.5. The van der Waals surface area contributed by atoms with E-state index >= 15 is 0 Å². The number of aliphatic imine (C=N–C) groups is 2. The number of imidazole rings is 1. The Bertz CT molecular complexity index is 248. The Labute approximate surface area is 58.7 Å². The van der Waals surface area contributed by atoms with Gasteiger partial charge in [0.25, 0.3) is 0 Å². The summed E-state index contributed by atoms with van der Waals surface area (Å²) in [7, 11) is 0. The van der Waals surface area contributed by atoms with Crippen LogP contribution >= 0.6 is 0 Å². The standard InChI is InChI=1S/C6H8N4/c1-3-8-6-5(7-2)9-4-10-6/h3-4H,2H2,1H3,(H,9,10). The number of hydrogen-bond acceptors (Lipinski definition) is 3. The molecule has 0 aliphatic heterocycles. The molecule has 10 heavy (non-hydrogen) atoms. The summed E-state index contributed by atoms with van der Waals surface area (Å²) in [5, 5.41) is 0. The monoisotopic (exact) mass is 136 g/mol. The molecule has 0 aliphatic rings. The number of nitrogens with one attached hydrogen (secondary N) is 1. The maximum atomic E-state index is 3.96. The third-order valence-electron chi connectivity index (χ3n) is 1.01. The van der Waals surface area contributed by atoms with Crippen LogP contribution in [0.2, 0.25) is 0 Å². The van der Waals surface area contributed by atoms with Crippen molar-refractivity contribution in [3.05, 3.63) is 6.33 Å². The predicted molar refractivity (Wildman–Crippen MR) is 41.6 cm³/mol. The van der Waals surface area contributed by atoms with Crippen LogP contribution in [0.3, 0.4) is 0 Å². The highest BCUT2D eigenvalue weighted by Gasteiger charge is 1.97. The van der Waals surface area contributed by atoms with E-state index in [1.807, 2.05) is 6.92 Å². The minimum Gasteiger partial charge on any atom is -0.328 e. The molecule has 1 aromatic rings. The largest absolute Gasteiger partial charge is 0.328 e. The first-order chi connectivity index (χ1) is 4.88. The second-order valence-corrected chi connectivity index (χ2v) is 1.62. The number of hydrogen-bond donors (Lipinski definition) is 1. The van der Waals surface area contributed by atoms with Crippen molar-refractivity contribution in [3.8, 4) is 0 Å². The van der Waals surface area contributed by atoms with Crippen LogP contribution in [0.5, 0.6) is 0 Å². The zero-order chi connectivity index (χ0) is 7.40. The molecule has 4 heteroatoms. The fourth-order valence-electron chi connectivity index (χ4n) is 0.620. The van der Waals surface area contributed by atoms with Crippen LogP contribution in [0.25, 0.3) is 0 Å². The van der Waals surface area contributed by atoms with Gasteiger partial charge in [-0.05, 0) is 13.6 Å². The molecule has 1 aromatic heterocycles. The minimum absolute atomic E-state index is 0.540. The first-order valence-electron chi connectivity index (χ1n) is 2.87. The van der Waals surface area contributed by atoms with Crippen molar-refractivity contribution in [1.29, 1.82) is 0 Å². The van der Waals surface area contributed by atoms with E-state index in [9.17, 15) is 0 Å². The molecule has 4 nitrogen and oxygen atoms in total. The van der Waals surface area contributed by atoms with Gasteiger partial charge in [-0.15, -0.1) is 0 Å². The molecule has 0 bridgehead atoms. The Balaban J connectivity index is 3.00. The smallest absolute Gasteiger partial charge is 0.196 e.